The number of aliphatic hydroxyl groups excluding tert-OH is 1. The highest BCUT2D eigenvalue weighted by Gasteiger charge is 2.20. The first-order chi connectivity index (χ1) is 11.6. The van der Waals surface area contributed by atoms with Gasteiger partial charge in [-0.05, 0) is 35.7 Å². The van der Waals surface area contributed by atoms with Crippen molar-refractivity contribution >= 4 is 22.6 Å². The number of nitrogens with zero attached hydrogens (tertiary/aromatic N) is 2. The van der Waals surface area contributed by atoms with Gasteiger partial charge < -0.3 is 15.7 Å². The molecule has 0 saturated heterocycles. The number of hydrogen-bond acceptors (Lipinski definition) is 4. The molecule has 2 aromatic carbocycles. The molecule has 0 atom stereocenters. The Balaban J connectivity index is 2.42. The van der Waals surface area contributed by atoms with Crippen LogP contribution in [0, 0.1) is 11.3 Å². The van der Waals surface area contributed by atoms with Gasteiger partial charge >= 0.3 is 0 Å². The number of fused-ring (bicyclic) bond motifs is 1. The van der Waals surface area contributed by atoms with E-state index in [-0.39, 0.29) is 19.1 Å². The number of carbonyl (C=O) groups is 2. The Morgan fingerprint density at radius 2 is 1.96 bits per heavy atom. The fourth-order valence-electron chi connectivity index (χ4n) is 2.58. The van der Waals surface area contributed by atoms with Gasteiger partial charge in [0.05, 0.1) is 18.2 Å². The van der Waals surface area contributed by atoms with Gasteiger partial charge in [-0.3, -0.25) is 9.59 Å². The maximum atomic E-state index is 12.9. The van der Waals surface area contributed by atoms with Gasteiger partial charge in [0.1, 0.15) is 0 Å². The highest BCUT2D eigenvalue weighted by atomic mass is 16.3. The van der Waals surface area contributed by atoms with E-state index in [4.69, 9.17) is 10.8 Å². The monoisotopic (exact) mass is 325 g/mol. The third-order valence-corrected chi connectivity index (χ3v) is 3.69. The van der Waals surface area contributed by atoms with Crippen LogP contribution in [0.25, 0.3) is 10.8 Å². The van der Waals surface area contributed by atoms with Crippen molar-refractivity contribution in [2.75, 3.05) is 19.7 Å². The van der Waals surface area contributed by atoms with Gasteiger partial charge in [0.2, 0.25) is 5.91 Å². The van der Waals surface area contributed by atoms with Gasteiger partial charge in [-0.25, -0.2) is 0 Å². The lowest BCUT2D eigenvalue weighted by Gasteiger charge is -2.22. The fraction of sp³-hybridized carbons (Fsp3) is 0.278. The van der Waals surface area contributed by atoms with Gasteiger partial charge in [-0.15, -0.1) is 0 Å². The molecule has 0 bridgehead atoms. The molecular formula is C18H19N3O3. The zero-order chi connectivity index (χ0) is 17.5. The van der Waals surface area contributed by atoms with Gasteiger partial charge in [-0.1, -0.05) is 24.3 Å². The van der Waals surface area contributed by atoms with E-state index in [1.54, 1.807) is 12.1 Å². The lowest BCUT2D eigenvalue weighted by molar-refractivity contribution is -0.118. The predicted molar refractivity (Wildman–Crippen MR) is 90.1 cm³/mol. The van der Waals surface area contributed by atoms with Crippen molar-refractivity contribution in [2.45, 2.75) is 12.8 Å². The van der Waals surface area contributed by atoms with E-state index >= 15 is 0 Å². The third kappa shape index (κ3) is 4.09. The van der Waals surface area contributed by atoms with Crippen molar-refractivity contribution in [2.24, 2.45) is 5.73 Å². The van der Waals surface area contributed by atoms with Crippen molar-refractivity contribution in [3.05, 3.63) is 47.5 Å². The van der Waals surface area contributed by atoms with E-state index in [2.05, 4.69) is 6.07 Å². The number of nitriles is 1. The average molecular weight is 325 g/mol. The number of rotatable bonds is 7. The van der Waals surface area contributed by atoms with Crippen LogP contribution >= 0.6 is 0 Å². The second kappa shape index (κ2) is 8.09. The van der Waals surface area contributed by atoms with Crippen molar-refractivity contribution < 1.29 is 14.7 Å². The van der Waals surface area contributed by atoms with Gasteiger partial charge in [0, 0.05) is 18.7 Å². The average Bonchev–Trinajstić information content (AvgIpc) is 2.59. The minimum atomic E-state index is -0.604. The summed E-state index contributed by atoms with van der Waals surface area (Å²) in [5.41, 5.74) is 6.00. The molecule has 0 unspecified atom stereocenters. The molecule has 6 heteroatoms. The molecule has 0 aliphatic carbocycles. The first-order valence-electron chi connectivity index (χ1n) is 7.68. The highest BCUT2D eigenvalue weighted by Crippen LogP contribution is 2.22. The van der Waals surface area contributed by atoms with Gasteiger partial charge in [0.25, 0.3) is 5.91 Å². The summed E-state index contributed by atoms with van der Waals surface area (Å²) in [6.07, 6.45) is 1.09. The van der Waals surface area contributed by atoms with E-state index < -0.39 is 5.91 Å². The van der Waals surface area contributed by atoms with Gasteiger partial charge in [-0.2, -0.15) is 5.26 Å². The largest absolute Gasteiger partial charge is 0.396 e. The Morgan fingerprint density at radius 1 is 1.21 bits per heavy atom. The number of unbranched alkanes of at least 4 members (excludes halogenated alkanes) is 1. The minimum absolute atomic E-state index is 0.0193. The molecule has 0 aromatic heterocycles. The molecule has 24 heavy (non-hydrogen) atoms. The molecule has 3 N–H and O–H groups in total. The highest BCUT2D eigenvalue weighted by molar-refractivity contribution is 6.08. The Kier molecular flexibility index (Phi) is 5.88. The normalized spacial score (nSPS) is 10.3. The molecule has 0 aliphatic heterocycles. The molecule has 0 saturated carbocycles. The summed E-state index contributed by atoms with van der Waals surface area (Å²) < 4.78 is 0. The molecule has 2 rings (SSSR count). The van der Waals surface area contributed by atoms with Crippen LogP contribution in [-0.2, 0) is 4.79 Å². The van der Waals surface area contributed by atoms with Crippen LogP contribution in [0.4, 0.5) is 0 Å². The van der Waals surface area contributed by atoms with E-state index in [0.29, 0.717) is 30.5 Å². The summed E-state index contributed by atoms with van der Waals surface area (Å²) in [5, 5.41) is 19.6. The molecule has 6 nitrogen and oxygen atoms in total. The van der Waals surface area contributed by atoms with E-state index in [1.807, 2.05) is 18.2 Å². The molecule has 0 heterocycles. The SMILES string of the molecule is N#Cc1cc(C(=O)N(CCCCO)CC(N)=O)c2ccccc2c1. The van der Waals surface area contributed by atoms with Crippen LogP contribution in [-0.4, -0.2) is 41.5 Å². The molecular weight excluding hydrogens is 306 g/mol. The summed E-state index contributed by atoms with van der Waals surface area (Å²) in [4.78, 5) is 25.6. The lowest BCUT2D eigenvalue weighted by Crippen LogP contribution is -2.39. The molecule has 2 amide bonds. The molecule has 2 aromatic rings. The molecule has 0 fully saturated rings. The summed E-state index contributed by atoms with van der Waals surface area (Å²) in [5.74, 6) is -0.951. The Hall–Kier alpha value is -2.91. The Labute approximate surface area is 140 Å². The number of amides is 2. The van der Waals surface area contributed by atoms with Crippen LogP contribution in [0.15, 0.2) is 36.4 Å². The predicted octanol–water partition coefficient (Wildman–Crippen LogP) is 1.41. The summed E-state index contributed by atoms with van der Waals surface area (Å²) in [7, 11) is 0. The van der Waals surface area contributed by atoms with Crippen molar-refractivity contribution in [1.82, 2.24) is 4.90 Å². The molecule has 124 valence electrons. The summed E-state index contributed by atoms with van der Waals surface area (Å²) >= 11 is 0. The van der Waals surface area contributed by atoms with Crippen LogP contribution in [0.5, 0.6) is 0 Å². The molecule has 0 spiro atoms. The van der Waals surface area contributed by atoms with E-state index in [9.17, 15) is 14.9 Å². The Bertz CT molecular complexity index is 796. The van der Waals surface area contributed by atoms with Crippen molar-refractivity contribution in [1.29, 1.82) is 5.26 Å². The zero-order valence-electron chi connectivity index (χ0n) is 13.2. The standard InChI is InChI=1S/C18H19N3O3/c19-11-13-9-14-5-1-2-6-15(14)16(10-13)18(24)21(12-17(20)23)7-3-4-8-22/h1-2,5-6,9-10,22H,3-4,7-8,12H2,(H2,20,23). The third-order valence-electron chi connectivity index (χ3n) is 3.69. The van der Waals surface area contributed by atoms with Gasteiger partial charge in [0.15, 0.2) is 0 Å². The number of nitrogens with two attached hydrogens (primary N) is 1. The maximum absolute atomic E-state index is 12.9. The second-order valence-electron chi connectivity index (χ2n) is 5.48. The van der Waals surface area contributed by atoms with E-state index in [0.717, 1.165) is 10.8 Å². The van der Waals surface area contributed by atoms with Crippen molar-refractivity contribution in [3.8, 4) is 6.07 Å². The first kappa shape index (κ1) is 17.4. The molecule has 0 aliphatic rings. The fourth-order valence-corrected chi connectivity index (χ4v) is 2.58. The van der Waals surface area contributed by atoms with E-state index in [1.165, 1.54) is 11.0 Å². The first-order valence-corrected chi connectivity index (χ1v) is 7.68. The quantitative estimate of drug-likeness (QED) is 0.750. The van der Waals surface area contributed by atoms with Crippen LogP contribution in [0.1, 0.15) is 28.8 Å². The smallest absolute Gasteiger partial charge is 0.254 e. The number of aliphatic hydroxyl groups is 1. The minimum Gasteiger partial charge on any atom is -0.396 e. The van der Waals surface area contributed by atoms with Crippen LogP contribution in [0.3, 0.4) is 0 Å². The number of carbonyl (C=O) groups excluding carboxylic acids is 2. The summed E-state index contributed by atoms with van der Waals surface area (Å²) in [6, 6.07) is 12.6. The molecule has 0 radical (unpaired) electrons. The lowest BCUT2D eigenvalue weighted by atomic mass is 10.00. The Morgan fingerprint density at radius 3 is 2.62 bits per heavy atom. The number of primary amides is 1. The summed E-state index contributed by atoms with van der Waals surface area (Å²) in [6.45, 7) is 0.133. The van der Waals surface area contributed by atoms with Crippen LogP contribution in [0.2, 0.25) is 0 Å². The van der Waals surface area contributed by atoms with Crippen LogP contribution < -0.4 is 5.73 Å². The second-order valence-corrected chi connectivity index (χ2v) is 5.48. The number of benzene rings is 2. The zero-order valence-corrected chi connectivity index (χ0v) is 13.2. The maximum Gasteiger partial charge on any atom is 0.254 e. The number of hydrogen-bond donors (Lipinski definition) is 2. The van der Waals surface area contributed by atoms with Crippen molar-refractivity contribution in [3.63, 3.8) is 0 Å². The topological polar surface area (TPSA) is 107 Å².